The highest BCUT2D eigenvalue weighted by atomic mass is 16.3. The summed E-state index contributed by atoms with van der Waals surface area (Å²) in [4.78, 5) is 11.7. The molecule has 2 rings (SSSR count). The second-order valence-corrected chi connectivity index (χ2v) is 4.32. The van der Waals surface area contributed by atoms with Crippen molar-refractivity contribution in [2.24, 2.45) is 5.92 Å². The van der Waals surface area contributed by atoms with Crippen LogP contribution in [0.3, 0.4) is 0 Å². The van der Waals surface area contributed by atoms with Gasteiger partial charge in [-0.3, -0.25) is 4.79 Å². The molecular formula is C13H16O2. The molecule has 0 amide bonds. The van der Waals surface area contributed by atoms with E-state index in [-0.39, 0.29) is 11.7 Å². The molecule has 15 heavy (non-hydrogen) atoms. The molecule has 2 heteroatoms. The minimum Gasteiger partial charge on any atom is -0.377 e. The van der Waals surface area contributed by atoms with Crippen LogP contribution < -0.4 is 0 Å². The fourth-order valence-electron chi connectivity index (χ4n) is 2.24. The number of carbonyl (C=O) groups excluding carboxylic acids is 1. The van der Waals surface area contributed by atoms with Crippen molar-refractivity contribution in [2.45, 2.75) is 31.8 Å². The molecule has 0 heterocycles. The molecule has 1 fully saturated rings. The molecule has 0 aliphatic heterocycles. The Balaban J connectivity index is 2.38. The van der Waals surface area contributed by atoms with Crippen molar-refractivity contribution in [3.05, 3.63) is 35.9 Å². The zero-order valence-corrected chi connectivity index (χ0v) is 8.94. The second-order valence-electron chi connectivity index (χ2n) is 4.32. The maximum atomic E-state index is 11.7. The zero-order valence-electron chi connectivity index (χ0n) is 8.94. The summed E-state index contributed by atoms with van der Waals surface area (Å²) in [6, 6.07) is 9.29. The molecule has 0 bridgehead atoms. The summed E-state index contributed by atoms with van der Waals surface area (Å²) in [5.41, 5.74) is -0.512. The quantitative estimate of drug-likeness (QED) is 0.820. The van der Waals surface area contributed by atoms with Crippen LogP contribution in [0.2, 0.25) is 0 Å². The molecule has 1 aliphatic rings. The minimum absolute atomic E-state index is 0.109. The van der Waals surface area contributed by atoms with E-state index in [1.54, 1.807) is 0 Å². The Morgan fingerprint density at radius 3 is 2.33 bits per heavy atom. The van der Waals surface area contributed by atoms with Crippen LogP contribution in [0, 0.1) is 5.92 Å². The number of benzene rings is 1. The van der Waals surface area contributed by atoms with Crippen LogP contribution in [0.4, 0.5) is 0 Å². The number of rotatable bonds is 3. The van der Waals surface area contributed by atoms with Crippen LogP contribution in [0.5, 0.6) is 0 Å². The van der Waals surface area contributed by atoms with E-state index in [0.29, 0.717) is 0 Å². The van der Waals surface area contributed by atoms with Crippen LogP contribution in [0.15, 0.2) is 30.3 Å². The van der Waals surface area contributed by atoms with E-state index in [1.807, 2.05) is 30.3 Å². The number of aliphatic hydroxyl groups is 1. The van der Waals surface area contributed by atoms with Crippen molar-refractivity contribution < 1.29 is 9.90 Å². The molecule has 0 saturated heterocycles. The first-order chi connectivity index (χ1) is 7.15. The average molecular weight is 204 g/mol. The summed E-state index contributed by atoms with van der Waals surface area (Å²) in [5, 5.41) is 10.5. The SMILES string of the molecule is CC(=O)C(O)(c1ccccc1)C1CCC1. The van der Waals surface area contributed by atoms with E-state index in [2.05, 4.69) is 0 Å². The average Bonchev–Trinajstić information content (AvgIpc) is 2.16. The summed E-state index contributed by atoms with van der Waals surface area (Å²) in [6.07, 6.45) is 3.02. The van der Waals surface area contributed by atoms with Gasteiger partial charge in [-0.2, -0.15) is 0 Å². The summed E-state index contributed by atoms with van der Waals surface area (Å²) in [7, 11) is 0. The third-order valence-electron chi connectivity index (χ3n) is 3.45. The van der Waals surface area contributed by atoms with Crippen molar-refractivity contribution in [1.82, 2.24) is 0 Å². The van der Waals surface area contributed by atoms with Gasteiger partial charge in [0.1, 0.15) is 0 Å². The number of hydrogen-bond donors (Lipinski definition) is 1. The first-order valence-corrected chi connectivity index (χ1v) is 5.44. The lowest BCUT2D eigenvalue weighted by molar-refractivity contribution is -0.147. The largest absolute Gasteiger partial charge is 0.377 e. The molecule has 1 aromatic rings. The number of Topliss-reactive ketones (excluding diaryl/α,β-unsaturated/α-hetero) is 1. The molecule has 1 N–H and O–H groups in total. The Labute approximate surface area is 89.9 Å². The molecule has 1 saturated carbocycles. The third-order valence-corrected chi connectivity index (χ3v) is 3.45. The number of ketones is 1. The van der Waals surface area contributed by atoms with Crippen molar-refractivity contribution in [3.63, 3.8) is 0 Å². The Morgan fingerprint density at radius 1 is 1.33 bits per heavy atom. The lowest BCUT2D eigenvalue weighted by Gasteiger charge is -2.40. The third kappa shape index (κ3) is 1.59. The van der Waals surface area contributed by atoms with Crippen molar-refractivity contribution in [1.29, 1.82) is 0 Å². The standard InChI is InChI=1S/C13H16O2/c1-10(14)13(15,12-8-5-9-12)11-6-3-2-4-7-11/h2-4,6-7,12,15H,5,8-9H2,1H3. The van der Waals surface area contributed by atoms with Gasteiger partial charge in [0, 0.05) is 0 Å². The van der Waals surface area contributed by atoms with Crippen LogP contribution >= 0.6 is 0 Å². The molecule has 1 aliphatic carbocycles. The van der Waals surface area contributed by atoms with Crippen LogP contribution in [-0.2, 0) is 10.4 Å². The number of carbonyl (C=O) groups is 1. The van der Waals surface area contributed by atoms with E-state index < -0.39 is 5.60 Å². The molecule has 1 aromatic carbocycles. The maximum Gasteiger partial charge on any atom is 0.166 e. The Kier molecular flexibility index (Phi) is 2.61. The predicted molar refractivity (Wildman–Crippen MR) is 58.4 cm³/mol. The highest BCUT2D eigenvalue weighted by Crippen LogP contribution is 2.42. The highest BCUT2D eigenvalue weighted by Gasteiger charge is 2.45. The maximum absolute atomic E-state index is 11.7. The van der Waals surface area contributed by atoms with Gasteiger partial charge in [-0.25, -0.2) is 0 Å². The summed E-state index contributed by atoms with van der Waals surface area (Å²) in [6.45, 7) is 1.48. The molecule has 2 nitrogen and oxygen atoms in total. The molecule has 0 radical (unpaired) electrons. The summed E-state index contributed by atoms with van der Waals surface area (Å²) < 4.78 is 0. The fraction of sp³-hybridized carbons (Fsp3) is 0.462. The fourth-order valence-corrected chi connectivity index (χ4v) is 2.24. The topological polar surface area (TPSA) is 37.3 Å². The van der Waals surface area contributed by atoms with Crippen LogP contribution in [0.25, 0.3) is 0 Å². The van der Waals surface area contributed by atoms with E-state index in [4.69, 9.17) is 0 Å². The van der Waals surface area contributed by atoms with Gasteiger partial charge in [0.2, 0.25) is 0 Å². The monoisotopic (exact) mass is 204 g/mol. The molecular weight excluding hydrogens is 188 g/mol. The Bertz CT molecular complexity index is 354. The molecule has 80 valence electrons. The Morgan fingerprint density at radius 2 is 1.93 bits per heavy atom. The highest BCUT2D eigenvalue weighted by molar-refractivity contribution is 5.86. The molecule has 0 spiro atoms. The summed E-state index contributed by atoms with van der Waals surface area (Å²) in [5.74, 6) is -0.0317. The lowest BCUT2D eigenvalue weighted by Crippen LogP contribution is -2.44. The van der Waals surface area contributed by atoms with Gasteiger partial charge >= 0.3 is 0 Å². The van der Waals surface area contributed by atoms with Gasteiger partial charge in [-0.15, -0.1) is 0 Å². The van der Waals surface area contributed by atoms with Crippen molar-refractivity contribution in [3.8, 4) is 0 Å². The van der Waals surface area contributed by atoms with Crippen molar-refractivity contribution >= 4 is 5.78 Å². The minimum atomic E-state index is -1.25. The Hall–Kier alpha value is -1.15. The first-order valence-electron chi connectivity index (χ1n) is 5.44. The normalized spacial score (nSPS) is 20.4. The molecule has 1 atom stereocenters. The predicted octanol–water partition coefficient (Wildman–Crippen LogP) is 2.26. The van der Waals surface area contributed by atoms with Gasteiger partial charge in [-0.1, -0.05) is 36.8 Å². The van der Waals surface area contributed by atoms with E-state index in [9.17, 15) is 9.90 Å². The van der Waals surface area contributed by atoms with Gasteiger partial charge in [0.25, 0.3) is 0 Å². The zero-order chi connectivity index (χ0) is 10.9. The van der Waals surface area contributed by atoms with Crippen molar-refractivity contribution in [2.75, 3.05) is 0 Å². The van der Waals surface area contributed by atoms with E-state index in [1.165, 1.54) is 6.92 Å². The lowest BCUT2D eigenvalue weighted by atomic mass is 9.68. The van der Waals surface area contributed by atoms with Crippen LogP contribution in [0.1, 0.15) is 31.7 Å². The van der Waals surface area contributed by atoms with Gasteiger partial charge in [-0.05, 0) is 31.2 Å². The van der Waals surface area contributed by atoms with E-state index >= 15 is 0 Å². The van der Waals surface area contributed by atoms with Gasteiger partial charge < -0.3 is 5.11 Å². The summed E-state index contributed by atoms with van der Waals surface area (Å²) >= 11 is 0. The smallest absolute Gasteiger partial charge is 0.166 e. The van der Waals surface area contributed by atoms with E-state index in [0.717, 1.165) is 24.8 Å². The van der Waals surface area contributed by atoms with Gasteiger partial charge in [0.15, 0.2) is 11.4 Å². The molecule has 1 unspecified atom stereocenters. The van der Waals surface area contributed by atoms with Gasteiger partial charge in [0.05, 0.1) is 0 Å². The second kappa shape index (κ2) is 3.78. The molecule has 0 aromatic heterocycles. The first kappa shape index (κ1) is 10.4. The van der Waals surface area contributed by atoms with Crippen LogP contribution in [-0.4, -0.2) is 10.9 Å². The number of hydrogen-bond acceptors (Lipinski definition) is 2.